The smallest absolute Gasteiger partial charge is 0.249 e. The van der Waals surface area contributed by atoms with Crippen LogP contribution in [0.1, 0.15) is 22.8 Å². The molecule has 0 aliphatic carbocycles. The molecular formula is C15H17FN2O. The van der Waals surface area contributed by atoms with E-state index in [0.717, 1.165) is 12.0 Å². The zero-order valence-electron chi connectivity index (χ0n) is 10.8. The lowest BCUT2D eigenvalue weighted by atomic mass is 10.0. The Bertz CT molecular complexity index is 541. The average molecular weight is 260 g/mol. The highest BCUT2D eigenvalue weighted by molar-refractivity contribution is 5.95. The minimum atomic E-state index is -0.417. The second kappa shape index (κ2) is 7.16. The van der Waals surface area contributed by atoms with Crippen molar-refractivity contribution in [1.82, 2.24) is 0 Å². The molecule has 0 saturated heterocycles. The molecule has 0 fully saturated rings. The highest BCUT2D eigenvalue weighted by Crippen LogP contribution is 2.16. The van der Waals surface area contributed by atoms with Crippen LogP contribution in [0.5, 0.6) is 0 Å². The summed E-state index contributed by atoms with van der Waals surface area (Å²) in [5.74, 6) is -0.596. The van der Waals surface area contributed by atoms with Crippen LogP contribution in [-0.4, -0.2) is 5.91 Å². The molecule has 100 valence electrons. The molecule has 2 rings (SSSR count). The van der Waals surface area contributed by atoms with Gasteiger partial charge in [-0.3, -0.25) is 4.79 Å². The normalized spacial score (nSPS) is 9.37. The molecule has 0 heterocycles. The van der Waals surface area contributed by atoms with E-state index >= 15 is 0 Å². The van der Waals surface area contributed by atoms with Crippen molar-refractivity contribution in [2.75, 3.05) is 5.73 Å². The van der Waals surface area contributed by atoms with E-state index in [-0.39, 0.29) is 5.82 Å². The summed E-state index contributed by atoms with van der Waals surface area (Å²) in [4.78, 5) is 10.9. The number of amides is 1. The molecule has 0 atom stereocenters. The number of hydrogen-bond donors (Lipinski definition) is 2. The van der Waals surface area contributed by atoms with Gasteiger partial charge in [0.1, 0.15) is 5.82 Å². The minimum Gasteiger partial charge on any atom is -0.398 e. The number of carbonyl (C=O) groups is 1. The van der Waals surface area contributed by atoms with Crippen LogP contribution in [-0.2, 0) is 6.42 Å². The number of benzene rings is 2. The van der Waals surface area contributed by atoms with E-state index < -0.39 is 5.91 Å². The van der Waals surface area contributed by atoms with Gasteiger partial charge in [-0.2, -0.15) is 0 Å². The third-order valence-electron chi connectivity index (χ3n) is 2.56. The van der Waals surface area contributed by atoms with Gasteiger partial charge in [0.25, 0.3) is 0 Å². The molecule has 4 heteroatoms. The van der Waals surface area contributed by atoms with Gasteiger partial charge in [-0.1, -0.05) is 31.2 Å². The quantitative estimate of drug-likeness (QED) is 0.815. The molecule has 0 radical (unpaired) electrons. The van der Waals surface area contributed by atoms with E-state index in [1.807, 2.05) is 6.92 Å². The van der Waals surface area contributed by atoms with Gasteiger partial charge in [0.2, 0.25) is 5.91 Å². The van der Waals surface area contributed by atoms with Gasteiger partial charge >= 0.3 is 0 Å². The molecule has 0 aromatic heterocycles. The van der Waals surface area contributed by atoms with Gasteiger partial charge in [0.15, 0.2) is 0 Å². The van der Waals surface area contributed by atoms with Crippen LogP contribution < -0.4 is 11.5 Å². The molecule has 0 unspecified atom stereocenters. The summed E-state index contributed by atoms with van der Waals surface area (Å²) in [5.41, 5.74) is 12.8. The highest BCUT2D eigenvalue weighted by Gasteiger charge is 2.07. The van der Waals surface area contributed by atoms with Crippen molar-refractivity contribution >= 4 is 11.6 Å². The van der Waals surface area contributed by atoms with E-state index in [9.17, 15) is 9.18 Å². The van der Waals surface area contributed by atoms with Crippen LogP contribution in [0.3, 0.4) is 0 Å². The molecule has 0 aliphatic heterocycles. The Morgan fingerprint density at radius 3 is 2.11 bits per heavy atom. The first-order valence-corrected chi connectivity index (χ1v) is 5.94. The molecule has 2 aromatic rings. The Morgan fingerprint density at radius 1 is 1.11 bits per heavy atom. The van der Waals surface area contributed by atoms with E-state index in [2.05, 4.69) is 0 Å². The average Bonchev–Trinajstić information content (AvgIpc) is 2.40. The van der Waals surface area contributed by atoms with Gasteiger partial charge in [0, 0.05) is 11.3 Å². The molecule has 0 spiro atoms. The summed E-state index contributed by atoms with van der Waals surface area (Å²) in [6.45, 7) is 1.94. The standard InChI is InChI=1S/C9H12N2O.C6H5F/c1-2-6-7(9(11)12)4-3-5-8(6)10;7-6-4-2-1-3-5-6/h3-5H,2,10H2,1H3,(H2,11,12);1-5H. The van der Waals surface area contributed by atoms with Crippen LogP contribution in [0.4, 0.5) is 10.1 Å². The van der Waals surface area contributed by atoms with Gasteiger partial charge < -0.3 is 11.5 Å². The number of primary amides is 1. The molecule has 0 aliphatic rings. The SMILES string of the molecule is CCc1c(N)cccc1C(N)=O.Fc1ccccc1. The van der Waals surface area contributed by atoms with Crippen LogP contribution in [0.25, 0.3) is 0 Å². The number of anilines is 1. The minimum absolute atomic E-state index is 0.178. The number of nitrogen functional groups attached to an aromatic ring is 1. The molecule has 1 amide bonds. The number of carbonyl (C=O) groups excluding carboxylic acids is 1. The van der Waals surface area contributed by atoms with Gasteiger partial charge in [-0.15, -0.1) is 0 Å². The highest BCUT2D eigenvalue weighted by atomic mass is 19.1. The zero-order chi connectivity index (χ0) is 14.3. The van der Waals surface area contributed by atoms with Crippen LogP contribution in [0, 0.1) is 5.82 Å². The molecule has 19 heavy (non-hydrogen) atoms. The third kappa shape index (κ3) is 4.43. The summed E-state index contributed by atoms with van der Waals surface area (Å²) in [7, 11) is 0. The zero-order valence-corrected chi connectivity index (χ0v) is 10.8. The first kappa shape index (κ1) is 14.7. The fraction of sp³-hybridized carbons (Fsp3) is 0.133. The van der Waals surface area contributed by atoms with Crippen molar-refractivity contribution in [3.8, 4) is 0 Å². The predicted molar refractivity (Wildman–Crippen MR) is 75.2 cm³/mol. The maximum Gasteiger partial charge on any atom is 0.249 e. The lowest BCUT2D eigenvalue weighted by Gasteiger charge is -2.06. The van der Waals surface area contributed by atoms with Crippen molar-refractivity contribution in [2.45, 2.75) is 13.3 Å². The Labute approximate surface area is 112 Å². The second-order valence-electron chi connectivity index (χ2n) is 3.89. The number of rotatable bonds is 2. The van der Waals surface area contributed by atoms with E-state index in [0.29, 0.717) is 11.3 Å². The first-order chi connectivity index (χ1) is 9.06. The van der Waals surface area contributed by atoms with Crippen LogP contribution in [0.2, 0.25) is 0 Å². The van der Waals surface area contributed by atoms with E-state index in [1.165, 1.54) is 12.1 Å². The molecular weight excluding hydrogens is 243 g/mol. The summed E-state index contributed by atoms with van der Waals surface area (Å²) >= 11 is 0. The second-order valence-corrected chi connectivity index (χ2v) is 3.89. The van der Waals surface area contributed by atoms with Gasteiger partial charge in [-0.25, -0.2) is 4.39 Å². The van der Waals surface area contributed by atoms with Gasteiger partial charge in [-0.05, 0) is 36.2 Å². The lowest BCUT2D eigenvalue weighted by molar-refractivity contribution is 0.0999. The number of halogens is 1. The summed E-state index contributed by atoms with van der Waals surface area (Å²) < 4.78 is 11.9. The Balaban J connectivity index is 0.000000218. The number of hydrogen-bond acceptors (Lipinski definition) is 2. The summed E-state index contributed by atoms with van der Waals surface area (Å²) in [6, 6.07) is 13.1. The van der Waals surface area contributed by atoms with E-state index in [1.54, 1.807) is 36.4 Å². The molecule has 0 bridgehead atoms. The van der Waals surface area contributed by atoms with Gasteiger partial charge in [0.05, 0.1) is 0 Å². The summed E-state index contributed by atoms with van der Waals surface area (Å²) in [5, 5.41) is 0. The Kier molecular flexibility index (Phi) is 5.54. The monoisotopic (exact) mass is 260 g/mol. The third-order valence-corrected chi connectivity index (χ3v) is 2.56. The maximum absolute atomic E-state index is 11.9. The lowest BCUT2D eigenvalue weighted by Crippen LogP contribution is -2.14. The largest absolute Gasteiger partial charge is 0.398 e. The van der Waals surface area contributed by atoms with Crippen LogP contribution in [0.15, 0.2) is 48.5 Å². The topological polar surface area (TPSA) is 69.1 Å². The van der Waals surface area contributed by atoms with Crippen molar-refractivity contribution in [3.63, 3.8) is 0 Å². The number of nitrogens with two attached hydrogens (primary N) is 2. The summed E-state index contributed by atoms with van der Waals surface area (Å²) in [6.07, 6.45) is 0.727. The predicted octanol–water partition coefficient (Wildman–Crippen LogP) is 2.76. The fourth-order valence-electron chi connectivity index (χ4n) is 1.64. The van der Waals surface area contributed by atoms with E-state index in [4.69, 9.17) is 11.5 Å². The first-order valence-electron chi connectivity index (χ1n) is 5.94. The molecule has 4 N–H and O–H groups in total. The van der Waals surface area contributed by atoms with Crippen molar-refractivity contribution < 1.29 is 9.18 Å². The van der Waals surface area contributed by atoms with Crippen LogP contribution >= 0.6 is 0 Å². The van der Waals surface area contributed by atoms with Crippen molar-refractivity contribution in [1.29, 1.82) is 0 Å². The molecule has 2 aromatic carbocycles. The maximum atomic E-state index is 11.9. The van der Waals surface area contributed by atoms with Crippen molar-refractivity contribution in [2.24, 2.45) is 5.73 Å². The fourth-order valence-corrected chi connectivity index (χ4v) is 1.64. The molecule has 0 saturated carbocycles. The van der Waals surface area contributed by atoms with Crippen molar-refractivity contribution in [3.05, 3.63) is 65.5 Å². The Hall–Kier alpha value is -2.36. The molecule has 3 nitrogen and oxygen atoms in total. The Morgan fingerprint density at radius 2 is 1.74 bits per heavy atom.